The van der Waals surface area contributed by atoms with Crippen molar-refractivity contribution in [2.75, 3.05) is 5.32 Å². The van der Waals surface area contributed by atoms with Gasteiger partial charge in [0.15, 0.2) is 11.9 Å². The van der Waals surface area contributed by atoms with Gasteiger partial charge in [0.1, 0.15) is 5.75 Å². The standard InChI is InChI=1S/C20H23NO3/c1-12-10-13(2)19(14(3)11-12)21-20(23)16(5)24-18-8-6-17(7-9-18)15(4)22/h6-11,16H,1-5H3,(H,21,23). The number of hydrogen-bond acceptors (Lipinski definition) is 3. The lowest BCUT2D eigenvalue weighted by molar-refractivity contribution is -0.122. The molecule has 1 amide bonds. The van der Waals surface area contributed by atoms with Crippen molar-refractivity contribution in [1.29, 1.82) is 0 Å². The van der Waals surface area contributed by atoms with E-state index < -0.39 is 6.10 Å². The van der Waals surface area contributed by atoms with Crippen molar-refractivity contribution in [2.45, 2.75) is 40.7 Å². The Hall–Kier alpha value is -2.62. The van der Waals surface area contributed by atoms with Crippen LogP contribution in [0.5, 0.6) is 5.75 Å². The first-order valence-electron chi connectivity index (χ1n) is 7.94. The molecule has 4 heteroatoms. The van der Waals surface area contributed by atoms with Gasteiger partial charge in [0.2, 0.25) is 0 Å². The van der Waals surface area contributed by atoms with Crippen molar-refractivity contribution in [3.63, 3.8) is 0 Å². The number of ketones is 1. The lowest BCUT2D eigenvalue weighted by Crippen LogP contribution is -2.30. The lowest BCUT2D eigenvalue weighted by Gasteiger charge is -2.17. The highest BCUT2D eigenvalue weighted by atomic mass is 16.5. The Labute approximate surface area is 142 Å². The molecule has 1 unspecified atom stereocenters. The summed E-state index contributed by atoms with van der Waals surface area (Å²) in [6, 6.07) is 10.8. The van der Waals surface area contributed by atoms with Crippen molar-refractivity contribution >= 4 is 17.4 Å². The van der Waals surface area contributed by atoms with E-state index in [2.05, 4.69) is 5.32 Å². The number of rotatable bonds is 5. The number of carbonyl (C=O) groups is 2. The SMILES string of the molecule is CC(=O)c1ccc(OC(C)C(=O)Nc2c(C)cc(C)cc2C)cc1. The van der Waals surface area contributed by atoms with Crippen molar-refractivity contribution < 1.29 is 14.3 Å². The molecule has 2 rings (SSSR count). The molecule has 4 nitrogen and oxygen atoms in total. The van der Waals surface area contributed by atoms with Gasteiger partial charge in [-0.15, -0.1) is 0 Å². The van der Waals surface area contributed by atoms with Gasteiger partial charge in [0.05, 0.1) is 0 Å². The van der Waals surface area contributed by atoms with Crippen LogP contribution in [0.4, 0.5) is 5.69 Å². The van der Waals surface area contributed by atoms with E-state index in [1.165, 1.54) is 6.92 Å². The number of ether oxygens (including phenoxy) is 1. The summed E-state index contributed by atoms with van der Waals surface area (Å²) in [5.74, 6) is 0.346. The minimum atomic E-state index is -0.645. The van der Waals surface area contributed by atoms with Crippen LogP contribution in [0.2, 0.25) is 0 Å². The third kappa shape index (κ3) is 4.22. The third-order valence-corrected chi connectivity index (χ3v) is 3.87. The first-order valence-corrected chi connectivity index (χ1v) is 7.94. The molecule has 0 aliphatic carbocycles. The van der Waals surface area contributed by atoms with Crippen molar-refractivity contribution in [3.8, 4) is 5.75 Å². The second-order valence-electron chi connectivity index (χ2n) is 6.10. The molecular formula is C20H23NO3. The maximum atomic E-state index is 12.4. The molecule has 24 heavy (non-hydrogen) atoms. The molecule has 0 saturated carbocycles. The number of hydrogen-bond donors (Lipinski definition) is 1. The minimum absolute atomic E-state index is 0.00216. The van der Waals surface area contributed by atoms with Gasteiger partial charge in [-0.2, -0.15) is 0 Å². The zero-order valence-corrected chi connectivity index (χ0v) is 14.8. The van der Waals surface area contributed by atoms with Crippen molar-refractivity contribution in [3.05, 3.63) is 58.7 Å². The molecule has 0 aromatic heterocycles. The summed E-state index contributed by atoms with van der Waals surface area (Å²) in [5.41, 5.74) is 4.66. The number of anilines is 1. The summed E-state index contributed by atoms with van der Waals surface area (Å²) < 4.78 is 5.66. The average Bonchev–Trinajstić information content (AvgIpc) is 2.51. The smallest absolute Gasteiger partial charge is 0.265 e. The lowest BCUT2D eigenvalue weighted by atomic mass is 10.0. The summed E-state index contributed by atoms with van der Waals surface area (Å²) in [7, 11) is 0. The Kier molecular flexibility index (Phi) is 5.39. The van der Waals surface area contributed by atoms with Gasteiger partial charge in [0.25, 0.3) is 5.91 Å². The zero-order valence-electron chi connectivity index (χ0n) is 14.8. The van der Waals surface area contributed by atoms with Gasteiger partial charge in [-0.05, 0) is 70.0 Å². The summed E-state index contributed by atoms with van der Waals surface area (Å²) >= 11 is 0. The number of benzene rings is 2. The largest absolute Gasteiger partial charge is 0.481 e. The van der Waals surface area contributed by atoms with Crippen LogP contribution in [0.15, 0.2) is 36.4 Å². The molecule has 0 radical (unpaired) electrons. The third-order valence-electron chi connectivity index (χ3n) is 3.87. The van der Waals surface area contributed by atoms with E-state index >= 15 is 0 Å². The molecule has 0 aliphatic rings. The summed E-state index contributed by atoms with van der Waals surface area (Å²) in [4.78, 5) is 23.7. The Bertz CT molecular complexity index is 740. The molecule has 0 fully saturated rings. The number of nitrogens with one attached hydrogen (secondary N) is 1. The molecular weight excluding hydrogens is 302 g/mol. The monoisotopic (exact) mass is 325 g/mol. The minimum Gasteiger partial charge on any atom is -0.481 e. The van der Waals surface area contributed by atoms with Gasteiger partial charge in [-0.1, -0.05) is 17.7 Å². The molecule has 1 N–H and O–H groups in total. The van der Waals surface area contributed by atoms with E-state index in [9.17, 15) is 9.59 Å². The van der Waals surface area contributed by atoms with Crippen LogP contribution in [0.1, 0.15) is 40.9 Å². The van der Waals surface area contributed by atoms with Crippen LogP contribution < -0.4 is 10.1 Å². The molecule has 2 aromatic carbocycles. The molecule has 0 aliphatic heterocycles. The Morgan fingerprint density at radius 1 is 1.00 bits per heavy atom. The van der Waals surface area contributed by atoms with Gasteiger partial charge < -0.3 is 10.1 Å². The molecule has 0 saturated heterocycles. The van der Waals surface area contributed by atoms with Gasteiger partial charge >= 0.3 is 0 Å². The van der Waals surface area contributed by atoms with Crippen molar-refractivity contribution in [1.82, 2.24) is 0 Å². The fourth-order valence-electron chi connectivity index (χ4n) is 2.63. The van der Waals surface area contributed by atoms with Crippen LogP contribution >= 0.6 is 0 Å². The fourth-order valence-corrected chi connectivity index (χ4v) is 2.63. The second kappa shape index (κ2) is 7.30. The normalized spacial score (nSPS) is 11.7. The van der Waals surface area contributed by atoms with Gasteiger partial charge in [0, 0.05) is 11.3 Å². The van der Waals surface area contributed by atoms with Crippen LogP contribution in [0, 0.1) is 20.8 Å². The number of Topliss-reactive ketones (excluding diaryl/α,β-unsaturated/α-hetero) is 1. The first kappa shape index (κ1) is 17.7. The maximum absolute atomic E-state index is 12.4. The van der Waals surface area contributed by atoms with Gasteiger partial charge in [-0.3, -0.25) is 9.59 Å². The molecule has 126 valence electrons. The van der Waals surface area contributed by atoms with Gasteiger partial charge in [-0.25, -0.2) is 0 Å². The summed E-state index contributed by atoms with van der Waals surface area (Å²) in [6.07, 6.45) is -0.645. The van der Waals surface area contributed by atoms with Crippen LogP contribution in [-0.2, 0) is 4.79 Å². The molecule has 0 bridgehead atoms. The molecule has 1 atom stereocenters. The Morgan fingerprint density at radius 2 is 1.54 bits per heavy atom. The van der Waals surface area contributed by atoms with Crippen LogP contribution in [0.3, 0.4) is 0 Å². The van der Waals surface area contributed by atoms with E-state index in [0.717, 1.165) is 22.4 Å². The van der Waals surface area contributed by atoms with Crippen molar-refractivity contribution in [2.24, 2.45) is 0 Å². The average molecular weight is 325 g/mol. The molecule has 0 heterocycles. The number of aryl methyl sites for hydroxylation is 3. The highest BCUT2D eigenvalue weighted by Crippen LogP contribution is 2.22. The molecule has 2 aromatic rings. The number of amides is 1. The maximum Gasteiger partial charge on any atom is 0.265 e. The van der Waals surface area contributed by atoms with E-state index in [1.807, 2.05) is 32.9 Å². The van der Waals surface area contributed by atoms with Crippen LogP contribution in [-0.4, -0.2) is 17.8 Å². The topological polar surface area (TPSA) is 55.4 Å². The predicted octanol–water partition coefficient (Wildman–Crippen LogP) is 4.22. The Balaban J connectivity index is 2.06. The van der Waals surface area contributed by atoms with E-state index in [0.29, 0.717) is 11.3 Å². The van der Waals surface area contributed by atoms with Crippen LogP contribution in [0.25, 0.3) is 0 Å². The van der Waals surface area contributed by atoms with E-state index in [4.69, 9.17) is 4.74 Å². The molecule has 0 spiro atoms. The predicted molar refractivity (Wildman–Crippen MR) is 95.8 cm³/mol. The zero-order chi connectivity index (χ0) is 17.9. The Morgan fingerprint density at radius 3 is 2.04 bits per heavy atom. The fraction of sp³-hybridized carbons (Fsp3) is 0.300. The highest BCUT2D eigenvalue weighted by molar-refractivity contribution is 5.96. The highest BCUT2D eigenvalue weighted by Gasteiger charge is 2.17. The second-order valence-corrected chi connectivity index (χ2v) is 6.10. The quantitative estimate of drug-likeness (QED) is 0.837. The number of carbonyl (C=O) groups excluding carboxylic acids is 2. The summed E-state index contributed by atoms with van der Waals surface area (Å²) in [5, 5.41) is 2.94. The first-order chi connectivity index (χ1) is 11.3. The van der Waals surface area contributed by atoms with E-state index in [-0.39, 0.29) is 11.7 Å². The van der Waals surface area contributed by atoms with E-state index in [1.54, 1.807) is 31.2 Å². The summed E-state index contributed by atoms with van der Waals surface area (Å²) in [6.45, 7) is 9.19.